The zero-order valence-corrected chi connectivity index (χ0v) is 16.1. The van der Waals surface area contributed by atoms with E-state index in [1.165, 1.54) is 24.3 Å². The summed E-state index contributed by atoms with van der Waals surface area (Å²) in [6, 6.07) is 10.8. The van der Waals surface area contributed by atoms with Crippen molar-refractivity contribution in [2.75, 3.05) is 4.90 Å². The minimum Gasteiger partial charge on any atom is -0.273 e. The number of rotatable bonds is 2. The van der Waals surface area contributed by atoms with Crippen LogP contribution in [0.5, 0.6) is 0 Å². The van der Waals surface area contributed by atoms with Gasteiger partial charge in [0.15, 0.2) is 0 Å². The van der Waals surface area contributed by atoms with Crippen LogP contribution in [-0.2, 0) is 9.59 Å². The summed E-state index contributed by atoms with van der Waals surface area (Å²) >= 11 is 13.9. The van der Waals surface area contributed by atoms with Gasteiger partial charge in [-0.3, -0.25) is 14.9 Å². The third kappa shape index (κ3) is 3.70. The van der Waals surface area contributed by atoms with E-state index in [1.54, 1.807) is 12.1 Å². The van der Waals surface area contributed by atoms with Gasteiger partial charge in [0.25, 0.3) is 11.8 Å². The second-order valence-corrected chi connectivity index (χ2v) is 7.17. The fraction of sp³-hybridized carbons (Fsp3) is 0. The van der Waals surface area contributed by atoms with Gasteiger partial charge in [-0.2, -0.15) is 0 Å². The maximum atomic E-state index is 12.7. The predicted octanol–water partition coefficient (Wildman–Crippen LogP) is 4.26. The molecule has 8 heteroatoms. The number of amides is 4. The molecule has 1 heterocycles. The highest BCUT2D eigenvalue weighted by atomic mass is 127. The molecule has 3 rings (SSSR count). The molecular formula is C17H9Cl2IN2O3. The molecule has 0 atom stereocenters. The molecule has 0 unspecified atom stereocenters. The number of hydrogen-bond acceptors (Lipinski definition) is 3. The first-order chi connectivity index (χ1) is 11.9. The highest BCUT2D eigenvalue weighted by Gasteiger charge is 2.36. The molecule has 0 radical (unpaired) electrons. The number of halogens is 3. The quantitative estimate of drug-likeness (QED) is 0.391. The third-order valence-corrected chi connectivity index (χ3v) is 4.83. The minimum atomic E-state index is -0.840. The van der Waals surface area contributed by atoms with Gasteiger partial charge in [-0.1, -0.05) is 35.3 Å². The van der Waals surface area contributed by atoms with E-state index in [1.807, 2.05) is 12.1 Å². The number of benzene rings is 2. The first-order valence-corrected chi connectivity index (χ1v) is 8.82. The van der Waals surface area contributed by atoms with Crippen LogP contribution in [0.4, 0.5) is 10.5 Å². The summed E-state index contributed by atoms with van der Waals surface area (Å²) in [7, 11) is 0. The van der Waals surface area contributed by atoms with Crippen molar-refractivity contribution in [3.8, 4) is 0 Å². The Hall–Kier alpha value is -1.90. The van der Waals surface area contributed by atoms with Crippen molar-refractivity contribution in [1.29, 1.82) is 0 Å². The number of nitrogens with one attached hydrogen (secondary N) is 1. The van der Waals surface area contributed by atoms with E-state index < -0.39 is 17.8 Å². The van der Waals surface area contributed by atoms with Crippen LogP contribution in [0.2, 0.25) is 10.0 Å². The van der Waals surface area contributed by atoms with E-state index in [-0.39, 0.29) is 16.3 Å². The first kappa shape index (κ1) is 17.9. The maximum absolute atomic E-state index is 12.7. The second kappa shape index (κ2) is 7.15. The topological polar surface area (TPSA) is 66.5 Å². The van der Waals surface area contributed by atoms with E-state index in [2.05, 4.69) is 27.9 Å². The molecule has 25 heavy (non-hydrogen) atoms. The number of imide groups is 2. The Kier molecular flexibility index (Phi) is 5.12. The van der Waals surface area contributed by atoms with Crippen LogP contribution in [0.25, 0.3) is 6.08 Å². The Labute approximate surface area is 166 Å². The van der Waals surface area contributed by atoms with Gasteiger partial charge in [-0.05, 0) is 64.6 Å². The average molecular weight is 487 g/mol. The molecule has 0 aromatic heterocycles. The number of anilines is 1. The molecule has 2 aromatic carbocycles. The lowest BCUT2D eigenvalue weighted by molar-refractivity contribution is -0.122. The SMILES string of the molecule is O=C1NC(=O)N(c2ccc(Cl)c(Cl)c2)C(=O)C1=Cc1cccc(I)c1. The van der Waals surface area contributed by atoms with Crippen LogP contribution < -0.4 is 10.2 Å². The van der Waals surface area contributed by atoms with E-state index >= 15 is 0 Å². The first-order valence-electron chi connectivity index (χ1n) is 6.99. The van der Waals surface area contributed by atoms with Crippen LogP contribution in [0, 0.1) is 3.57 Å². The van der Waals surface area contributed by atoms with Crippen LogP contribution >= 0.6 is 45.8 Å². The zero-order valence-electron chi connectivity index (χ0n) is 12.4. The largest absolute Gasteiger partial charge is 0.335 e. The van der Waals surface area contributed by atoms with Crippen molar-refractivity contribution < 1.29 is 14.4 Å². The average Bonchev–Trinajstić information content (AvgIpc) is 2.55. The molecular weight excluding hydrogens is 478 g/mol. The van der Waals surface area contributed by atoms with Crippen molar-refractivity contribution in [1.82, 2.24) is 5.32 Å². The van der Waals surface area contributed by atoms with Crippen molar-refractivity contribution >= 4 is 75.4 Å². The number of hydrogen-bond donors (Lipinski definition) is 1. The Morgan fingerprint density at radius 2 is 1.76 bits per heavy atom. The molecule has 126 valence electrons. The lowest BCUT2D eigenvalue weighted by atomic mass is 10.1. The summed E-state index contributed by atoms with van der Waals surface area (Å²) in [6.45, 7) is 0. The van der Waals surface area contributed by atoms with Crippen LogP contribution in [0.15, 0.2) is 48.0 Å². The molecule has 0 spiro atoms. The van der Waals surface area contributed by atoms with Crippen molar-refractivity contribution in [3.63, 3.8) is 0 Å². The van der Waals surface area contributed by atoms with Gasteiger partial charge >= 0.3 is 6.03 Å². The van der Waals surface area contributed by atoms with Gasteiger partial charge in [-0.25, -0.2) is 9.69 Å². The lowest BCUT2D eigenvalue weighted by Crippen LogP contribution is -2.54. The minimum absolute atomic E-state index is 0.146. The van der Waals surface area contributed by atoms with Gasteiger partial charge in [0, 0.05) is 3.57 Å². The van der Waals surface area contributed by atoms with Gasteiger partial charge in [-0.15, -0.1) is 0 Å². The zero-order chi connectivity index (χ0) is 18.1. The van der Waals surface area contributed by atoms with Gasteiger partial charge in [0.05, 0.1) is 15.7 Å². The molecule has 5 nitrogen and oxygen atoms in total. The Balaban J connectivity index is 2.03. The van der Waals surface area contributed by atoms with Gasteiger partial charge in [0.2, 0.25) is 0 Å². The normalized spacial score (nSPS) is 16.4. The number of carbonyl (C=O) groups excluding carboxylic acids is 3. The molecule has 1 saturated heterocycles. The molecule has 0 aliphatic carbocycles. The lowest BCUT2D eigenvalue weighted by Gasteiger charge is -2.26. The van der Waals surface area contributed by atoms with Gasteiger partial charge in [0.1, 0.15) is 5.57 Å². The molecule has 1 N–H and O–H groups in total. The highest BCUT2D eigenvalue weighted by Crippen LogP contribution is 2.29. The summed E-state index contributed by atoms with van der Waals surface area (Å²) in [4.78, 5) is 37.8. The number of carbonyl (C=O) groups is 3. The van der Waals surface area contributed by atoms with Gasteiger partial charge < -0.3 is 0 Å². The molecule has 2 aromatic rings. The molecule has 4 amide bonds. The number of urea groups is 1. The monoisotopic (exact) mass is 486 g/mol. The predicted molar refractivity (Wildman–Crippen MR) is 105 cm³/mol. The Morgan fingerprint density at radius 3 is 2.44 bits per heavy atom. The fourth-order valence-corrected chi connectivity index (χ4v) is 3.14. The standard InChI is InChI=1S/C17H9Cl2IN2O3/c18-13-5-4-11(8-14(13)19)22-16(24)12(15(23)21-17(22)25)7-9-2-1-3-10(20)6-9/h1-8H,(H,21,23,25). The summed E-state index contributed by atoms with van der Waals surface area (Å²) in [5, 5.41) is 2.65. The van der Waals surface area contributed by atoms with E-state index in [0.717, 1.165) is 8.47 Å². The summed E-state index contributed by atoms with van der Waals surface area (Å²) < 4.78 is 0.952. The van der Waals surface area contributed by atoms with Crippen molar-refractivity contribution in [3.05, 3.63) is 67.2 Å². The van der Waals surface area contributed by atoms with Crippen LogP contribution in [0.1, 0.15) is 5.56 Å². The third-order valence-electron chi connectivity index (χ3n) is 3.42. The summed E-state index contributed by atoms with van der Waals surface area (Å²) in [5.41, 5.74) is 0.749. The summed E-state index contributed by atoms with van der Waals surface area (Å²) in [6.07, 6.45) is 1.44. The van der Waals surface area contributed by atoms with E-state index in [9.17, 15) is 14.4 Å². The fourth-order valence-electron chi connectivity index (χ4n) is 2.28. The van der Waals surface area contributed by atoms with Crippen molar-refractivity contribution in [2.45, 2.75) is 0 Å². The number of barbiturate groups is 1. The Bertz CT molecular complexity index is 943. The highest BCUT2D eigenvalue weighted by molar-refractivity contribution is 14.1. The smallest absolute Gasteiger partial charge is 0.273 e. The molecule has 0 bridgehead atoms. The molecule has 0 saturated carbocycles. The van der Waals surface area contributed by atoms with E-state index in [0.29, 0.717) is 10.6 Å². The summed E-state index contributed by atoms with van der Waals surface area (Å²) in [5.74, 6) is -1.48. The number of nitrogens with zero attached hydrogens (tertiary/aromatic N) is 1. The molecule has 1 fully saturated rings. The maximum Gasteiger partial charge on any atom is 0.335 e. The molecule has 1 aliphatic rings. The Morgan fingerprint density at radius 1 is 1.00 bits per heavy atom. The van der Waals surface area contributed by atoms with Crippen LogP contribution in [-0.4, -0.2) is 17.8 Å². The molecule has 1 aliphatic heterocycles. The van der Waals surface area contributed by atoms with Crippen LogP contribution in [0.3, 0.4) is 0 Å². The second-order valence-electron chi connectivity index (χ2n) is 5.11. The van der Waals surface area contributed by atoms with E-state index in [4.69, 9.17) is 23.2 Å². The van der Waals surface area contributed by atoms with Crippen molar-refractivity contribution in [2.24, 2.45) is 0 Å².